The maximum atomic E-state index is 12.3. The Bertz CT molecular complexity index is 709. The molecule has 2 aliphatic heterocycles. The second-order valence-electron chi connectivity index (χ2n) is 6.74. The Kier molecular flexibility index (Phi) is 4.65. The van der Waals surface area contributed by atoms with Gasteiger partial charge in [-0.3, -0.25) is 0 Å². The van der Waals surface area contributed by atoms with Crippen LogP contribution in [0.3, 0.4) is 0 Å². The van der Waals surface area contributed by atoms with Gasteiger partial charge in [0.05, 0.1) is 17.7 Å². The molecule has 2 heterocycles. The number of aliphatic imine (C=N–C) groups is 1. The molecule has 0 aromatic rings. The SMILES string of the molecule is C=N/C(=C1/C=CNC1)N(C)C1CC(CS(=O)(=O)N2CC(C#N)C2)C1. The molecule has 0 amide bonds. The number of hydrogen-bond acceptors (Lipinski definition) is 6. The zero-order chi connectivity index (χ0) is 17.3. The molecule has 24 heavy (non-hydrogen) atoms. The van der Waals surface area contributed by atoms with Crippen molar-refractivity contribution >= 4 is 16.7 Å². The van der Waals surface area contributed by atoms with Crippen molar-refractivity contribution in [3.05, 3.63) is 23.7 Å². The van der Waals surface area contributed by atoms with Crippen molar-refractivity contribution in [2.75, 3.05) is 32.4 Å². The van der Waals surface area contributed by atoms with Gasteiger partial charge in [-0.1, -0.05) is 0 Å². The van der Waals surface area contributed by atoms with Crippen LogP contribution >= 0.6 is 0 Å². The van der Waals surface area contributed by atoms with Crippen LogP contribution in [-0.4, -0.2) is 62.8 Å². The Morgan fingerprint density at radius 1 is 1.54 bits per heavy atom. The van der Waals surface area contributed by atoms with Crippen LogP contribution in [0.5, 0.6) is 0 Å². The molecule has 0 radical (unpaired) electrons. The molecule has 8 heteroatoms. The molecule has 2 fully saturated rings. The van der Waals surface area contributed by atoms with Crippen LogP contribution in [0.2, 0.25) is 0 Å². The van der Waals surface area contributed by atoms with E-state index < -0.39 is 10.0 Å². The van der Waals surface area contributed by atoms with Crippen molar-refractivity contribution in [3.63, 3.8) is 0 Å². The maximum absolute atomic E-state index is 12.3. The summed E-state index contributed by atoms with van der Waals surface area (Å²) in [5.41, 5.74) is 1.10. The molecule has 0 aromatic carbocycles. The number of rotatable bonds is 6. The van der Waals surface area contributed by atoms with Crippen LogP contribution in [-0.2, 0) is 10.0 Å². The number of sulfonamides is 1. The average Bonchev–Trinajstić information content (AvgIpc) is 2.95. The van der Waals surface area contributed by atoms with Gasteiger partial charge >= 0.3 is 0 Å². The second-order valence-corrected chi connectivity index (χ2v) is 8.76. The lowest BCUT2D eigenvalue weighted by Crippen LogP contribution is -2.52. The minimum atomic E-state index is -3.22. The lowest BCUT2D eigenvalue weighted by Gasteiger charge is -2.43. The van der Waals surface area contributed by atoms with Gasteiger partial charge in [-0.05, 0) is 37.8 Å². The van der Waals surface area contributed by atoms with E-state index in [2.05, 4.69) is 28.0 Å². The molecule has 3 rings (SSSR count). The standard InChI is InChI=1S/C16H23N5O2S/c1-18-16(14-3-4-19-8-14)20(2)15-5-12(6-15)11-24(22,23)21-9-13(7-17)10-21/h3-4,12-13,15,19H,1,5-6,8-11H2,2H3/b16-14+. The van der Waals surface area contributed by atoms with Crippen molar-refractivity contribution in [3.8, 4) is 6.07 Å². The number of nitrogens with zero attached hydrogens (tertiary/aromatic N) is 4. The second kappa shape index (κ2) is 6.57. The highest BCUT2D eigenvalue weighted by Gasteiger charge is 2.41. The smallest absolute Gasteiger partial charge is 0.214 e. The van der Waals surface area contributed by atoms with E-state index in [-0.39, 0.29) is 17.6 Å². The summed E-state index contributed by atoms with van der Waals surface area (Å²) >= 11 is 0. The number of nitrogens with one attached hydrogen (secondary N) is 1. The molecular weight excluding hydrogens is 326 g/mol. The van der Waals surface area contributed by atoms with Gasteiger partial charge in [0, 0.05) is 38.3 Å². The van der Waals surface area contributed by atoms with Crippen LogP contribution in [0.4, 0.5) is 0 Å². The van der Waals surface area contributed by atoms with Crippen LogP contribution in [0.1, 0.15) is 12.8 Å². The zero-order valence-electron chi connectivity index (χ0n) is 13.9. The molecule has 1 saturated carbocycles. The molecule has 1 aliphatic carbocycles. The van der Waals surface area contributed by atoms with E-state index in [0.717, 1.165) is 30.8 Å². The lowest BCUT2D eigenvalue weighted by molar-refractivity contribution is 0.138. The summed E-state index contributed by atoms with van der Waals surface area (Å²) in [6.45, 7) is 5.12. The van der Waals surface area contributed by atoms with E-state index in [0.29, 0.717) is 19.1 Å². The number of nitriles is 1. The first-order valence-electron chi connectivity index (χ1n) is 8.14. The van der Waals surface area contributed by atoms with Gasteiger partial charge in [0.2, 0.25) is 10.0 Å². The maximum Gasteiger partial charge on any atom is 0.214 e. The van der Waals surface area contributed by atoms with E-state index in [9.17, 15) is 8.42 Å². The van der Waals surface area contributed by atoms with Gasteiger partial charge in [-0.2, -0.15) is 9.57 Å². The molecule has 0 bridgehead atoms. The monoisotopic (exact) mass is 349 g/mol. The van der Waals surface area contributed by atoms with Crippen LogP contribution in [0, 0.1) is 23.2 Å². The quantitative estimate of drug-likeness (QED) is 0.706. The van der Waals surface area contributed by atoms with Crippen LogP contribution < -0.4 is 5.32 Å². The Hall–Kier alpha value is -1.85. The largest absolute Gasteiger partial charge is 0.387 e. The van der Waals surface area contributed by atoms with Crippen molar-refractivity contribution in [2.45, 2.75) is 18.9 Å². The van der Waals surface area contributed by atoms with Crippen molar-refractivity contribution in [1.29, 1.82) is 5.26 Å². The first kappa shape index (κ1) is 17.0. The summed E-state index contributed by atoms with van der Waals surface area (Å²) in [7, 11) is -1.23. The molecule has 1 saturated heterocycles. The van der Waals surface area contributed by atoms with Gasteiger partial charge in [0.15, 0.2) is 0 Å². The predicted octanol–water partition coefficient (Wildman–Crippen LogP) is 0.511. The van der Waals surface area contributed by atoms with Gasteiger partial charge in [0.1, 0.15) is 5.82 Å². The fourth-order valence-electron chi connectivity index (χ4n) is 3.46. The molecule has 0 unspecified atom stereocenters. The van der Waals surface area contributed by atoms with Crippen molar-refractivity contribution in [1.82, 2.24) is 14.5 Å². The van der Waals surface area contributed by atoms with Gasteiger partial charge in [0.25, 0.3) is 0 Å². The summed E-state index contributed by atoms with van der Waals surface area (Å²) < 4.78 is 26.0. The molecule has 0 spiro atoms. The summed E-state index contributed by atoms with van der Waals surface area (Å²) in [6, 6.07) is 2.41. The Morgan fingerprint density at radius 3 is 2.79 bits per heavy atom. The fraction of sp³-hybridized carbons (Fsp3) is 0.625. The van der Waals surface area contributed by atoms with E-state index in [4.69, 9.17) is 5.26 Å². The molecular formula is C16H23N5O2S. The van der Waals surface area contributed by atoms with Crippen molar-refractivity contribution in [2.24, 2.45) is 16.8 Å². The van der Waals surface area contributed by atoms with Crippen LogP contribution in [0.15, 0.2) is 28.7 Å². The Labute approximate surface area is 143 Å². The van der Waals surface area contributed by atoms with E-state index in [1.165, 1.54) is 4.31 Å². The third kappa shape index (κ3) is 3.19. The third-order valence-electron chi connectivity index (χ3n) is 5.09. The predicted molar refractivity (Wildman–Crippen MR) is 92.5 cm³/mol. The number of hydrogen-bond donors (Lipinski definition) is 1. The minimum Gasteiger partial charge on any atom is -0.387 e. The van der Waals surface area contributed by atoms with Gasteiger partial charge < -0.3 is 10.2 Å². The lowest BCUT2D eigenvalue weighted by atomic mass is 9.80. The Morgan fingerprint density at radius 2 is 2.25 bits per heavy atom. The van der Waals surface area contributed by atoms with Gasteiger partial charge in [-0.15, -0.1) is 0 Å². The first-order valence-corrected chi connectivity index (χ1v) is 9.75. The summed E-state index contributed by atoms with van der Waals surface area (Å²) in [5.74, 6) is 1.09. The fourth-order valence-corrected chi connectivity index (χ4v) is 5.35. The molecule has 1 N–H and O–H groups in total. The molecule has 130 valence electrons. The third-order valence-corrected chi connectivity index (χ3v) is 7.07. The Balaban J connectivity index is 1.52. The summed E-state index contributed by atoms with van der Waals surface area (Å²) in [5, 5.41) is 11.9. The van der Waals surface area contributed by atoms with E-state index in [1.807, 2.05) is 19.3 Å². The molecule has 0 atom stereocenters. The minimum absolute atomic E-state index is 0.138. The topological polar surface area (TPSA) is 88.8 Å². The van der Waals surface area contributed by atoms with Crippen LogP contribution in [0.25, 0.3) is 0 Å². The molecule has 0 aromatic heterocycles. The highest BCUT2D eigenvalue weighted by atomic mass is 32.2. The summed E-state index contributed by atoms with van der Waals surface area (Å²) in [6.07, 6.45) is 5.58. The van der Waals surface area contributed by atoms with Crippen molar-refractivity contribution < 1.29 is 8.42 Å². The molecule has 3 aliphatic rings. The van der Waals surface area contributed by atoms with E-state index in [1.54, 1.807) is 0 Å². The highest BCUT2D eigenvalue weighted by Crippen LogP contribution is 2.36. The van der Waals surface area contributed by atoms with E-state index >= 15 is 0 Å². The molecule has 7 nitrogen and oxygen atoms in total. The first-order chi connectivity index (χ1) is 11.4. The zero-order valence-corrected chi connectivity index (χ0v) is 14.7. The summed E-state index contributed by atoms with van der Waals surface area (Å²) in [4.78, 5) is 6.26. The average molecular weight is 349 g/mol. The van der Waals surface area contributed by atoms with Gasteiger partial charge in [-0.25, -0.2) is 13.4 Å². The normalized spacial score (nSPS) is 29.2. The highest BCUT2D eigenvalue weighted by molar-refractivity contribution is 7.89.